The Kier molecular flexibility index (Phi) is 11.1. The number of pyridine rings is 1. The van der Waals surface area contributed by atoms with Crippen LogP contribution in [-0.2, 0) is 22.3 Å². The Morgan fingerprint density at radius 3 is 2.02 bits per heavy atom. The maximum absolute atomic E-state index is 14.7. The summed E-state index contributed by atoms with van der Waals surface area (Å²) in [5.74, 6) is -6.36. The number of benzene rings is 3. The lowest BCUT2D eigenvalue weighted by Gasteiger charge is -2.39. The molecule has 1 aromatic heterocycles. The first kappa shape index (κ1) is 38.0. The van der Waals surface area contributed by atoms with Crippen LogP contribution >= 0.6 is 0 Å². The van der Waals surface area contributed by atoms with E-state index >= 15 is 0 Å². The maximum atomic E-state index is 14.7. The molecule has 4 aromatic rings. The molecule has 1 fully saturated rings. The van der Waals surface area contributed by atoms with Gasteiger partial charge < -0.3 is 30.8 Å². The molecule has 0 radical (unpaired) electrons. The highest BCUT2D eigenvalue weighted by Crippen LogP contribution is 2.41. The summed E-state index contributed by atoms with van der Waals surface area (Å²) in [6, 6.07) is 26.2. The number of alkyl halides is 6. The number of ether oxygens (including phenoxy) is 1. The molecule has 0 saturated carbocycles. The second-order valence-corrected chi connectivity index (χ2v) is 13.0. The summed E-state index contributed by atoms with van der Waals surface area (Å²) in [4.78, 5) is 31.3. The number of nitrogens with zero attached hydrogens (tertiary/aromatic N) is 2. The molecule has 0 unspecified atom stereocenters. The average molecular weight is 752 g/mol. The number of aliphatic hydroxyl groups excluding tert-OH is 1. The van der Waals surface area contributed by atoms with Crippen LogP contribution in [0.2, 0.25) is 0 Å². The van der Waals surface area contributed by atoms with Crippen molar-refractivity contribution in [2.45, 2.75) is 43.9 Å². The molecule has 2 atom stereocenters. The largest absolute Gasteiger partial charge is 0.457 e. The minimum absolute atomic E-state index is 0.0169. The molecule has 4 N–H and O–H groups in total. The smallest absolute Gasteiger partial charge is 0.418 e. The number of anilines is 1. The molecule has 0 bridgehead atoms. The van der Waals surface area contributed by atoms with Gasteiger partial charge >= 0.3 is 18.3 Å². The van der Waals surface area contributed by atoms with Crippen LogP contribution in [0.3, 0.4) is 0 Å². The number of carbonyl (C=O) groups is 2. The first-order valence-electron chi connectivity index (χ1n) is 17.0. The number of aliphatic hydroxyl groups is 1. The molecule has 1 amide bonds. The van der Waals surface area contributed by atoms with E-state index in [1.807, 2.05) is 0 Å². The quantitative estimate of drug-likeness (QED) is 0.0785. The number of hydrogen-bond donors (Lipinski definition) is 4. The predicted molar refractivity (Wildman–Crippen MR) is 186 cm³/mol. The van der Waals surface area contributed by atoms with Crippen molar-refractivity contribution in [2.24, 2.45) is 11.8 Å². The van der Waals surface area contributed by atoms with E-state index in [0.717, 1.165) is 6.07 Å². The van der Waals surface area contributed by atoms with Gasteiger partial charge in [-0.1, -0.05) is 91.0 Å². The SMILES string of the molecule is N=C(C1=C(NC(c2ccccc2)c2ccccc2)NC(=O)[C@H](O)[C@@H]1C(F)(F)F)C1CCN(c2cc(C(=O)OCc3ccccc3)c(C(F)(F)F)cn2)CC1. The normalized spacial score (nSPS) is 18.4. The third-order valence-corrected chi connectivity index (χ3v) is 9.47. The highest BCUT2D eigenvalue weighted by molar-refractivity contribution is 6.04. The first-order valence-corrected chi connectivity index (χ1v) is 17.0. The second-order valence-electron chi connectivity index (χ2n) is 13.0. The minimum Gasteiger partial charge on any atom is -0.457 e. The third kappa shape index (κ3) is 8.41. The predicted octanol–water partition coefficient (Wildman–Crippen LogP) is 6.95. The van der Waals surface area contributed by atoms with Gasteiger partial charge in [-0.3, -0.25) is 4.79 Å². The van der Waals surface area contributed by atoms with Gasteiger partial charge in [-0.25, -0.2) is 9.78 Å². The Morgan fingerprint density at radius 1 is 0.926 bits per heavy atom. The number of aromatic nitrogens is 1. The number of nitrogens with one attached hydrogen (secondary N) is 3. The lowest BCUT2D eigenvalue weighted by Crippen LogP contribution is -2.55. The number of rotatable bonds is 10. The van der Waals surface area contributed by atoms with Gasteiger partial charge in [0.15, 0.2) is 0 Å². The van der Waals surface area contributed by atoms with Crippen LogP contribution in [0.4, 0.5) is 32.2 Å². The van der Waals surface area contributed by atoms with Crippen LogP contribution in [0.1, 0.15) is 51.5 Å². The first-order chi connectivity index (χ1) is 25.7. The highest BCUT2D eigenvalue weighted by Gasteiger charge is 2.54. The van der Waals surface area contributed by atoms with Crippen LogP contribution in [0.5, 0.6) is 0 Å². The van der Waals surface area contributed by atoms with Gasteiger partial charge in [-0.15, -0.1) is 0 Å². The fourth-order valence-corrected chi connectivity index (χ4v) is 6.71. The van der Waals surface area contributed by atoms with Crippen LogP contribution in [0.15, 0.2) is 115 Å². The van der Waals surface area contributed by atoms with E-state index in [0.29, 0.717) is 22.9 Å². The molecular formula is C39H35F6N5O4. The molecule has 6 rings (SSSR count). The van der Waals surface area contributed by atoms with Crippen molar-refractivity contribution in [1.82, 2.24) is 15.6 Å². The Labute approximate surface area is 306 Å². The lowest BCUT2D eigenvalue weighted by molar-refractivity contribution is -0.192. The molecule has 54 heavy (non-hydrogen) atoms. The molecule has 282 valence electrons. The second kappa shape index (κ2) is 15.7. The van der Waals surface area contributed by atoms with Gasteiger partial charge in [-0.05, 0) is 35.6 Å². The molecule has 9 nitrogen and oxygen atoms in total. The van der Waals surface area contributed by atoms with Crippen LogP contribution < -0.4 is 15.5 Å². The van der Waals surface area contributed by atoms with Gasteiger partial charge in [0.1, 0.15) is 30.3 Å². The Balaban J connectivity index is 1.27. The molecular weight excluding hydrogens is 716 g/mol. The average Bonchev–Trinajstić information content (AvgIpc) is 3.17. The summed E-state index contributed by atoms with van der Waals surface area (Å²) in [6.45, 7) is -0.148. The van der Waals surface area contributed by atoms with Crippen molar-refractivity contribution < 1.29 is 45.8 Å². The molecule has 1 saturated heterocycles. The van der Waals surface area contributed by atoms with Gasteiger partial charge in [0.2, 0.25) is 0 Å². The summed E-state index contributed by atoms with van der Waals surface area (Å²) >= 11 is 0. The van der Waals surface area contributed by atoms with Gasteiger partial charge in [0.05, 0.1) is 17.2 Å². The van der Waals surface area contributed by atoms with Crippen LogP contribution in [-0.4, -0.2) is 53.0 Å². The van der Waals surface area contributed by atoms with Crippen molar-refractivity contribution in [3.8, 4) is 0 Å². The number of carbonyl (C=O) groups excluding carboxylic acids is 2. The van der Waals surface area contributed by atoms with Crippen molar-refractivity contribution in [1.29, 1.82) is 5.41 Å². The zero-order chi connectivity index (χ0) is 38.6. The van der Waals surface area contributed by atoms with Crippen molar-refractivity contribution >= 4 is 23.4 Å². The molecule has 15 heteroatoms. The fourth-order valence-electron chi connectivity index (χ4n) is 6.71. The molecule has 2 aliphatic rings. The van der Waals surface area contributed by atoms with E-state index in [4.69, 9.17) is 10.1 Å². The number of amides is 1. The minimum atomic E-state index is -5.11. The van der Waals surface area contributed by atoms with Gasteiger partial charge in [-0.2, -0.15) is 26.3 Å². The van der Waals surface area contributed by atoms with Crippen LogP contribution in [0.25, 0.3) is 0 Å². The number of piperidine rings is 1. The summed E-state index contributed by atoms with van der Waals surface area (Å²) in [6.07, 6.45) is -11.9. The maximum Gasteiger partial charge on any atom is 0.418 e. The molecule has 0 spiro atoms. The number of esters is 1. The van der Waals surface area contributed by atoms with E-state index in [2.05, 4.69) is 15.6 Å². The van der Waals surface area contributed by atoms with Gasteiger partial charge in [0, 0.05) is 36.5 Å². The van der Waals surface area contributed by atoms with E-state index < -0.39 is 70.6 Å². The summed E-state index contributed by atoms with van der Waals surface area (Å²) in [7, 11) is 0. The summed E-state index contributed by atoms with van der Waals surface area (Å²) in [5, 5.41) is 25.1. The Bertz CT molecular complexity index is 1960. The number of hydrogen-bond acceptors (Lipinski definition) is 8. The van der Waals surface area contributed by atoms with Crippen molar-refractivity contribution in [3.05, 3.63) is 142 Å². The van der Waals surface area contributed by atoms with Gasteiger partial charge in [0.25, 0.3) is 5.91 Å². The molecule has 0 aliphatic carbocycles. The Hall–Kier alpha value is -5.70. The Morgan fingerprint density at radius 2 is 1.48 bits per heavy atom. The number of halogens is 6. The monoisotopic (exact) mass is 751 g/mol. The topological polar surface area (TPSA) is 128 Å². The zero-order valence-corrected chi connectivity index (χ0v) is 28.5. The summed E-state index contributed by atoms with van der Waals surface area (Å²) < 4.78 is 91.1. The van der Waals surface area contributed by atoms with E-state index in [-0.39, 0.29) is 44.2 Å². The van der Waals surface area contributed by atoms with Crippen LogP contribution in [0, 0.1) is 17.2 Å². The highest BCUT2D eigenvalue weighted by atomic mass is 19.4. The third-order valence-electron chi connectivity index (χ3n) is 9.47. The molecule has 3 aromatic carbocycles. The van der Waals surface area contributed by atoms with Crippen molar-refractivity contribution in [2.75, 3.05) is 18.0 Å². The molecule has 3 heterocycles. The van der Waals surface area contributed by atoms with Crippen molar-refractivity contribution in [3.63, 3.8) is 0 Å². The standard InChI is InChI=1S/C39H35F6N5O4/c40-38(41,42)28-21-47-29(20-27(28)37(53)54-22-23-10-4-1-5-11-23)50-18-16-24(17-19-50)32(46)30-31(39(43,44)45)34(51)36(52)49-35(30)48-33(25-12-6-2-7-13-25)26-14-8-3-9-15-26/h1-15,20-21,24,31,33-34,46,48,51H,16-19,22H2,(H,49,52)/t31-,34-/m1/s1. The fraction of sp³-hybridized carbons (Fsp3) is 0.282. The zero-order valence-electron chi connectivity index (χ0n) is 28.5. The van der Waals surface area contributed by atoms with E-state index in [9.17, 15) is 41.0 Å². The van der Waals surface area contributed by atoms with E-state index in [1.165, 1.54) is 0 Å². The lowest BCUT2D eigenvalue weighted by atomic mass is 9.78. The van der Waals surface area contributed by atoms with E-state index in [1.54, 1.807) is 95.9 Å². The summed E-state index contributed by atoms with van der Waals surface area (Å²) in [5.41, 5.74) is -1.21. The molecule has 2 aliphatic heterocycles.